The molecule has 0 saturated carbocycles. The highest BCUT2D eigenvalue weighted by Crippen LogP contribution is 2.24. The second kappa shape index (κ2) is 10.5. The predicted molar refractivity (Wildman–Crippen MR) is 132 cm³/mol. The van der Waals surface area contributed by atoms with Gasteiger partial charge in [0.15, 0.2) is 0 Å². The molecule has 8 nitrogen and oxygen atoms in total. The van der Waals surface area contributed by atoms with Crippen molar-refractivity contribution in [3.05, 3.63) is 84.4 Å². The molecule has 3 aromatic carbocycles. The van der Waals surface area contributed by atoms with Crippen LogP contribution in [0.15, 0.2) is 88.9 Å². The van der Waals surface area contributed by atoms with Gasteiger partial charge in [-0.1, -0.05) is 66.6 Å². The smallest absolute Gasteiger partial charge is 0.276 e. The van der Waals surface area contributed by atoms with Gasteiger partial charge in [-0.15, -0.1) is 5.10 Å². The molecule has 0 amide bonds. The third kappa shape index (κ3) is 5.43. The Balaban J connectivity index is 1.75. The largest absolute Gasteiger partial charge is 0.463 e. The molecule has 34 heavy (non-hydrogen) atoms. The van der Waals surface area contributed by atoms with Crippen LogP contribution in [0.3, 0.4) is 0 Å². The molecule has 1 atom stereocenters. The van der Waals surface area contributed by atoms with E-state index in [4.69, 9.17) is 4.74 Å². The zero-order chi connectivity index (χ0) is 24.0. The number of aromatic nitrogens is 3. The Morgan fingerprint density at radius 2 is 1.74 bits per heavy atom. The third-order valence-electron chi connectivity index (χ3n) is 5.30. The highest BCUT2D eigenvalue weighted by molar-refractivity contribution is 7.89. The molecule has 9 heteroatoms. The Labute approximate surface area is 199 Å². The van der Waals surface area contributed by atoms with E-state index >= 15 is 0 Å². The zero-order valence-corrected chi connectivity index (χ0v) is 19.9. The monoisotopic (exact) mass is 477 g/mol. The number of benzene rings is 3. The van der Waals surface area contributed by atoms with Crippen LogP contribution in [0.25, 0.3) is 11.0 Å². The molecule has 0 aliphatic rings. The minimum atomic E-state index is -3.85. The molecular formula is C25H27N5O3S. The van der Waals surface area contributed by atoms with Crippen LogP contribution < -0.4 is 9.57 Å². The Kier molecular flexibility index (Phi) is 7.22. The summed E-state index contributed by atoms with van der Waals surface area (Å²) in [6, 6.07) is 23.5. The lowest BCUT2D eigenvalue weighted by molar-refractivity contribution is 0.185. The van der Waals surface area contributed by atoms with Crippen molar-refractivity contribution in [2.75, 3.05) is 0 Å². The summed E-state index contributed by atoms with van der Waals surface area (Å²) in [6.07, 6.45) is 1.42. The Bertz CT molecular complexity index is 1370. The highest BCUT2D eigenvalue weighted by Gasteiger charge is 2.25. The van der Waals surface area contributed by atoms with Gasteiger partial charge in [0.1, 0.15) is 17.0 Å². The lowest BCUT2D eigenvalue weighted by Gasteiger charge is -2.22. The highest BCUT2D eigenvalue weighted by atomic mass is 32.2. The molecular weight excluding hydrogens is 450 g/mol. The van der Waals surface area contributed by atoms with Gasteiger partial charge >= 0.3 is 0 Å². The molecule has 0 bridgehead atoms. The SMILES string of the molecule is CCCCC(=NNS(=O)(=O)c1ccc(C)cc1)C(Oc1ccccc1)n1nnc2ccccc21. The van der Waals surface area contributed by atoms with E-state index in [1.165, 1.54) is 0 Å². The van der Waals surface area contributed by atoms with Crippen LogP contribution >= 0.6 is 0 Å². The van der Waals surface area contributed by atoms with Crippen LogP contribution in [0.4, 0.5) is 0 Å². The number of nitrogens with zero attached hydrogens (tertiary/aromatic N) is 4. The van der Waals surface area contributed by atoms with Crippen molar-refractivity contribution in [2.24, 2.45) is 5.10 Å². The number of para-hydroxylation sites is 2. The number of hydrazone groups is 1. The van der Waals surface area contributed by atoms with Crippen molar-refractivity contribution < 1.29 is 13.2 Å². The van der Waals surface area contributed by atoms with Gasteiger partial charge in [0, 0.05) is 0 Å². The van der Waals surface area contributed by atoms with Crippen molar-refractivity contribution in [3.8, 4) is 5.75 Å². The number of sulfonamides is 1. The molecule has 4 rings (SSSR count). The van der Waals surface area contributed by atoms with Gasteiger partial charge < -0.3 is 4.74 Å². The summed E-state index contributed by atoms with van der Waals surface area (Å²) in [5.41, 5.74) is 2.94. The average molecular weight is 478 g/mol. The van der Waals surface area contributed by atoms with Crippen LogP contribution in [0.5, 0.6) is 5.75 Å². The van der Waals surface area contributed by atoms with E-state index in [2.05, 4.69) is 27.2 Å². The van der Waals surface area contributed by atoms with Gasteiger partial charge in [-0.3, -0.25) is 0 Å². The molecule has 1 aromatic heterocycles. The van der Waals surface area contributed by atoms with Crippen LogP contribution in [-0.4, -0.2) is 29.1 Å². The average Bonchev–Trinajstić information content (AvgIpc) is 3.28. The minimum absolute atomic E-state index is 0.142. The van der Waals surface area contributed by atoms with E-state index in [9.17, 15) is 8.42 Å². The second-order valence-corrected chi connectivity index (χ2v) is 9.58. The van der Waals surface area contributed by atoms with E-state index in [0.717, 1.165) is 23.9 Å². The molecule has 0 aliphatic heterocycles. The maximum absolute atomic E-state index is 12.9. The molecule has 4 aromatic rings. The molecule has 176 valence electrons. The quantitative estimate of drug-likeness (QED) is 0.260. The van der Waals surface area contributed by atoms with Crippen molar-refractivity contribution >= 4 is 26.8 Å². The number of hydrogen-bond donors (Lipinski definition) is 1. The van der Waals surface area contributed by atoms with Crippen molar-refractivity contribution in [1.29, 1.82) is 0 Å². The van der Waals surface area contributed by atoms with E-state index in [0.29, 0.717) is 23.4 Å². The molecule has 0 aliphatic carbocycles. The van der Waals surface area contributed by atoms with Gasteiger partial charge in [0.05, 0.1) is 10.4 Å². The molecule has 0 saturated heterocycles. The fraction of sp³-hybridized carbons (Fsp3) is 0.240. The van der Waals surface area contributed by atoms with Gasteiger partial charge in [0.2, 0.25) is 6.23 Å². The third-order valence-corrected chi connectivity index (χ3v) is 6.53. The number of aryl methyl sites for hydroxylation is 1. The predicted octanol–water partition coefficient (Wildman–Crippen LogP) is 4.84. The van der Waals surface area contributed by atoms with Crippen LogP contribution in [0, 0.1) is 6.92 Å². The summed E-state index contributed by atoms with van der Waals surface area (Å²) in [5.74, 6) is 0.609. The van der Waals surface area contributed by atoms with E-state index in [-0.39, 0.29) is 4.90 Å². The van der Waals surface area contributed by atoms with Crippen molar-refractivity contribution in [1.82, 2.24) is 19.8 Å². The first-order valence-corrected chi connectivity index (χ1v) is 12.6. The van der Waals surface area contributed by atoms with Crippen molar-refractivity contribution in [2.45, 2.75) is 44.2 Å². The minimum Gasteiger partial charge on any atom is -0.463 e. The molecule has 1 unspecified atom stereocenters. The molecule has 0 fully saturated rings. The standard InChI is InChI=1S/C25H27N5O3S/c1-3-4-12-23(27-29-34(31,32)21-17-15-19(2)16-18-21)25(33-20-10-6-5-7-11-20)30-24-14-9-8-13-22(24)26-28-30/h5-11,13-18,25,29H,3-4,12H2,1-2H3. The topological polar surface area (TPSA) is 98.5 Å². The number of rotatable bonds is 10. The molecule has 1 heterocycles. The van der Waals surface area contributed by atoms with Crippen molar-refractivity contribution in [3.63, 3.8) is 0 Å². The number of ether oxygens (including phenoxy) is 1. The summed E-state index contributed by atoms with van der Waals surface area (Å²) in [6.45, 7) is 3.96. The first-order chi connectivity index (χ1) is 16.5. The van der Waals surface area contributed by atoms with Gasteiger partial charge in [-0.25, -0.2) is 0 Å². The maximum Gasteiger partial charge on any atom is 0.276 e. The number of unbranched alkanes of at least 4 members (excludes halogenated alkanes) is 1. The van der Waals surface area contributed by atoms with Crippen LogP contribution in [0.1, 0.15) is 38.0 Å². The summed E-state index contributed by atoms with van der Waals surface area (Å²) >= 11 is 0. The zero-order valence-electron chi connectivity index (χ0n) is 19.1. The van der Waals surface area contributed by atoms with Crippen LogP contribution in [0.2, 0.25) is 0 Å². The first kappa shape index (κ1) is 23.4. The van der Waals surface area contributed by atoms with Gasteiger partial charge in [-0.05, 0) is 56.2 Å². The van der Waals surface area contributed by atoms with E-state index < -0.39 is 16.3 Å². The maximum atomic E-state index is 12.9. The summed E-state index contributed by atoms with van der Waals surface area (Å²) in [7, 11) is -3.85. The van der Waals surface area contributed by atoms with E-state index in [1.807, 2.05) is 61.5 Å². The fourth-order valence-corrected chi connectivity index (χ4v) is 4.27. The number of hydrogen-bond acceptors (Lipinski definition) is 6. The number of nitrogens with one attached hydrogen (secondary N) is 1. The molecule has 1 N–H and O–H groups in total. The van der Waals surface area contributed by atoms with Gasteiger partial charge in [-0.2, -0.15) is 23.0 Å². The summed E-state index contributed by atoms with van der Waals surface area (Å²) < 4.78 is 33.8. The lowest BCUT2D eigenvalue weighted by atomic mass is 10.1. The molecule has 0 spiro atoms. The summed E-state index contributed by atoms with van der Waals surface area (Å²) in [4.78, 5) is 2.54. The Hall–Kier alpha value is -3.72. The Morgan fingerprint density at radius 3 is 2.47 bits per heavy atom. The number of fused-ring (bicyclic) bond motifs is 1. The Morgan fingerprint density at radius 1 is 1.03 bits per heavy atom. The first-order valence-electron chi connectivity index (χ1n) is 11.1. The van der Waals surface area contributed by atoms with E-state index in [1.54, 1.807) is 28.9 Å². The second-order valence-electron chi connectivity index (χ2n) is 7.92. The normalized spacial score (nSPS) is 13.1. The molecule has 0 radical (unpaired) electrons. The lowest BCUT2D eigenvalue weighted by Crippen LogP contribution is -2.30. The van der Waals surface area contributed by atoms with Crippen LogP contribution in [-0.2, 0) is 10.0 Å². The summed E-state index contributed by atoms with van der Waals surface area (Å²) in [5, 5.41) is 12.9. The fourth-order valence-electron chi connectivity index (χ4n) is 3.43. The van der Waals surface area contributed by atoms with Gasteiger partial charge in [0.25, 0.3) is 10.0 Å².